The lowest BCUT2D eigenvalue weighted by Gasteiger charge is -2.28. The second-order valence-electron chi connectivity index (χ2n) is 8.25. The molecule has 2 atom stereocenters. The Balaban J connectivity index is 1.59. The number of nitrogens with zero attached hydrogens (tertiary/aromatic N) is 7. The van der Waals surface area contributed by atoms with Crippen molar-refractivity contribution in [1.29, 1.82) is 0 Å². The van der Waals surface area contributed by atoms with Gasteiger partial charge in [-0.05, 0) is 39.5 Å². The molecular formula is C20H27FN8O. The molecule has 6 rings (SSSR count). The summed E-state index contributed by atoms with van der Waals surface area (Å²) in [6.07, 6.45) is 7.71. The van der Waals surface area contributed by atoms with Gasteiger partial charge in [0.15, 0.2) is 5.65 Å². The molecule has 0 spiro atoms. The molecule has 1 unspecified atom stereocenters. The molecule has 3 aromatic rings. The molecule has 9 nitrogen and oxygen atoms in total. The van der Waals surface area contributed by atoms with E-state index in [9.17, 15) is 4.39 Å². The van der Waals surface area contributed by atoms with Crippen molar-refractivity contribution >= 4 is 17.3 Å². The second-order valence-corrected chi connectivity index (χ2v) is 8.25. The van der Waals surface area contributed by atoms with Crippen molar-refractivity contribution in [2.45, 2.75) is 51.9 Å². The monoisotopic (exact) mass is 414 g/mol. The molecule has 5 heterocycles. The van der Waals surface area contributed by atoms with Crippen molar-refractivity contribution in [3.63, 3.8) is 0 Å². The Morgan fingerprint density at radius 1 is 1.33 bits per heavy atom. The van der Waals surface area contributed by atoms with E-state index in [1.54, 1.807) is 22.4 Å². The molecule has 1 saturated carbocycles. The Hall–Kier alpha value is -2.75. The number of halogens is 1. The number of aromatic nitrogens is 6. The zero-order valence-electron chi connectivity index (χ0n) is 17.5. The first-order valence-corrected chi connectivity index (χ1v) is 10.6. The maximum absolute atomic E-state index is 13.0. The van der Waals surface area contributed by atoms with Gasteiger partial charge in [0.1, 0.15) is 30.6 Å². The highest BCUT2D eigenvalue weighted by Gasteiger charge is 2.44. The van der Waals surface area contributed by atoms with Crippen molar-refractivity contribution in [2.24, 2.45) is 5.92 Å². The van der Waals surface area contributed by atoms with Gasteiger partial charge in [-0.15, -0.1) is 5.10 Å². The largest absolute Gasteiger partial charge is 0.363 e. The summed E-state index contributed by atoms with van der Waals surface area (Å²) in [4.78, 5) is 11.8. The maximum atomic E-state index is 13.0. The first-order chi connectivity index (χ1) is 14.6. The van der Waals surface area contributed by atoms with E-state index in [-0.39, 0.29) is 12.3 Å². The third kappa shape index (κ3) is 3.19. The summed E-state index contributed by atoms with van der Waals surface area (Å²) in [7, 11) is 0. The summed E-state index contributed by atoms with van der Waals surface area (Å²) in [5.41, 5.74) is 3.45. The van der Waals surface area contributed by atoms with Gasteiger partial charge < -0.3 is 15.0 Å². The van der Waals surface area contributed by atoms with Crippen LogP contribution in [0.3, 0.4) is 0 Å². The van der Waals surface area contributed by atoms with Crippen LogP contribution < -0.4 is 10.2 Å². The number of hydrogen-bond acceptors (Lipinski definition) is 7. The minimum Gasteiger partial charge on any atom is -0.363 e. The van der Waals surface area contributed by atoms with Crippen LogP contribution in [0, 0.1) is 5.92 Å². The van der Waals surface area contributed by atoms with E-state index in [1.807, 2.05) is 26.2 Å². The quantitative estimate of drug-likeness (QED) is 0.607. The number of rotatable bonds is 8. The molecule has 2 bridgehead atoms. The average Bonchev–Trinajstić information content (AvgIpc) is 3.47. The van der Waals surface area contributed by atoms with Gasteiger partial charge in [0.05, 0.1) is 12.2 Å². The summed E-state index contributed by atoms with van der Waals surface area (Å²) >= 11 is 0. The molecule has 0 aromatic carbocycles. The summed E-state index contributed by atoms with van der Waals surface area (Å²) in [6, 6.07) is 0.160. The van der Waals surface area contributed by atoms with Crippen LogP contribution in [0.2, 0.25) is 0 Å². The molecule has 3 aromatic heterocycles. The lowest BCUT2D eigenvalue weighted by atomic mass is 9.86. The molecule has 0 amide bonds. The van der Waals surface area contributed by atoms with Gasteiger partial charge in [-0.3, -0.25) is 0 Å². The topological polar surface area (TPSA) is 85.4 Å². The predicted molar refractivity (Wildman–Crippen MR) is 111 cm³/mol. The minimum absolute atomic E-state index is 0.151. The van der Waals surface area contributed by atoms with E-state index in [1.165, 1.54) is 12.8 Å². The zero-order valence-corrected chi connectivity index (χ0v) is 17.5. The Morgan fingerprint density at radius 2 is 2.17 bits per heavy atom. The van der Waals surface area contributed by atoms with Gasteiger partial charge in [-0.25, -0.2) is 14.1 Å². The fourth-order valence-corrected chi connectivity index (χ4v) is 4.42. The van der Waals surface area contributed by atoms with E-state index in [0.29, 0.717) is 18.6 Å². The van der Waals surface area contributed by atoms with Crippen LogP contribution in [0.1, 0.15) is 39.8 Å². The molecule has 2 saturated heterocycles. The Labute approximate surface area is 174 Å². The lowest BCUT2D eigenvalue weighted by molar-refractivity contribution is 0.0160. The van der Waals surface area contributed by atoms with Gasteiger partial charge in [0.2, 0.25) is 5.95 Å². The van der Waals surface area contributed by atoms with Crippen LogP contribution in [-0.4, -0.2) is 61.3 Å². The van der Waals surface area contributed by atoms with Crippen LogP contribution in [0.5, 0.6) is 0 Å². The highest BCUT2D eigenvalue weighted by molar-refractivity contribution is 5.86. The minimum atomic E-state index is -0.487. The second kappa shape index (κ2) is 7.50. The molecule has 3 aliphatic rings. The van der Waals surface area contributed by atoms with E-state index < -0.39 is 6.67 Å². The fraction of sp³-hybridized carbons (Fsp3) is 0.600. The van der Waals surface area contributed by atoms with Crippen molar-refractivity contribution in [1.82, 2.24) is 29.4 Å². The van der Waals surface area contributed by atoms with Gasteiger partial charge >= 0.3 is 0 Å². The van der Waals surface area contributed by atoms with Crippen molar-refractivity contribution in [2.75, 3.05) is 30.0 Å². The number of anilines is 2. The van der Waals surface area contributed by atoms with Gasteiger partial charge in [0.25, 0.3) is 0 Å². The first kappa shape index (κ1) is 19.2. The zero-order chi connectivity index (χ0) is 20.8. The number of alkyl halides is 1. The van der Waals surface area contributed by atoms with Crippen LogP contribution in [0.4, 0.5) is 16.0 Å². The Bertz CT molecular complexity index is 1040. The SMILES string of the molecule is CCOC(C)n1cc(-c2ncn3nc(N[C@H](C)CF)nc3c2N2CC3CC2C3)cn1. The third-order valence-corrected chi connectivity index (χ3v) is 6.02. The fourth-order valence-electron chi connectivity index (χ4n) is 4.42. The van der Waals surface area contributed by atoms with Gasteiger partial charge in [-0.1, -0.05) is 0 Å². The van der Waals surface area contributed by atoms with Crippen LogP contribution in [0.25, 0.3) is 16.9 Å². The summed E-state index contributed by atoms with van der Waals surface area (Å²) in [6.45, 7) is 6.83. The van der Waals surface area contributed by atoms with Crippen molar-refractivity contribution in [3.8, 4) is 11.3 Å². The highest BCUT2D eigenvalue weighted by Crippen LogP contribution is 2.46. The molecule has 3 fully saturated rings. The molecule has 2 aliphatic heterocycles. The molecule has 10 heteroatoms. The molecule has 0 radical (unpaired) electrons. The highest BCUT2D eigenvalue weighted by atomic mass is 19.1. The molecule has 1 N–H and O–H groups in total. The summed E-state index contributed by atoms with van der Waals surface area (Å²) < 4.78 is 22.1. The standard InChI is InChI=1S/C20H27FN8O/c1-4-30-13(3)28-10-15(8-23-28)17-18(27-9-14-5-16(27)6-14)19-25-20(24-12(2)7-21)26-29(19)11-22-17/h8,10-14,16H,4-7,9H2,1-3H3,(H,24,26)/t12-,13?,14?,16?/m1/s1. The normalized spacial score (nSPS) is 22.3. The molecule has 1 aliphatic carbocycles. The maximum Gasteiger partial charge on any atom is 0.243 e. The third-order valence-electron chi connectivity index (χ3n) is 6.02. The smallest absolute Gasteiger partial charge is 0.243 e. The van der Waals surface area contributed by atoms with Crippen LogP contribution in [-0.2, 0) is 4.74 Å². The lowest BCUT2D eigenvalue weighted by Crippen LogP contribution is -2.29. The van der Waals surface area contributed by atoms with Crippen molar-refractivity contribution < 1.29 is 9.13 Å². The average molecular weight is 414 g/mol. The van der Waals surface area contributed by atoms with E-state index in [0.717, 1.165) is 35.1 Å². The molecule has 30 heavy (non-hydrogen) atoms. The van der Waals surface area contributed by atoms with Crippen molar-refractivity contribution in [3.05, 3.63) is 18.7 Å². The Kier molecular flexibility index (Phi) is 4.80. The predicted octanol–water partition coefficient (Wildman–Crippen LogP) is 2.91. The first-order valence-electron chi connectivity index (χ1n) is 10.6. The summed E-state index contributed by atoms with van der Waals surface area (Å²) in [5.74, 6) is 1.14. The van der Waals surface area contributed by atoms with E-state index >= 15 is 0 Å². The number of hydrogen-bond donors (Lipinski definition) is 1. The number of fused-ring (bicyclic) bond motifs is 2. The number of ether oxygens (including phenoxy) is 1. The van der Waals surface area contributed by atoms with E-state index in [4.69, 9.17) is 14.7 Å². The molecular weight excluding hydrogens is 387 g/mol. The van der Waals surface area contributed by atoms with Crippen LogP contribution in [0.15, 0.2) is 18.7 Å². The van der Waals surface area contributed by atoms with Crippen LogP contribution >= 0.6 is 0 Å². The summed E-state index contributed by atoms with van der Waals surface area (Å²) in [5, 5.41) is 12.0. The number of nitrogens with one attached hydrogen (secondary N) is 1. The van der Waals surface area contributed by atoms with E-state index in [2.05, 4.69) is 20.4 Å². The van der Waals surface area contributed by atoms with Gasteiger partial charge in [-0.2, -0.15) is 14.6 Å². The Morgan fingerprint density at radius 3 is 2.87 bits per heavy atom. The molecule has 160 valence electrons. The van der Waals surface area contributed by atoms with Gasteiger partial charge in [0, 0.05) is 31.0 Å².